The fourth-order valence-electron chi connectivity index (χ4n) is 2.01. The van der Waals surface area contributed by atoms with Crippen molar-refractivity contribution in [1.82, 2.24) is 9.78 Å². The quantitative estimate of drug-likeness (QED) is 0.661. The Morgan fingerprint density at radius 1 is 1.42 bits per heavy atom. The van der Waals surface area contributed by atoms with Crippen molar-refractivity contribution in [2.75, 3.05) is 5.73 Å². The Balaban J connectivity index is 2.14. The van der Waals surface area contributed by atoms with Gasteiger partial charge in [0.2, 0.25) is 0 Å². The summed E-state index contributed by atoms with van der Waals surface area (Å²) in [7, 11) is 1.92. The molecule has 4 heteroatoms. The molecule has 0 saturated carbocycles. The number of rotatable bonds is 5. The van der Waals surface area contributed by atoms with Crippen LogP contribution in [0.3, 0.4) is 0 Å². The first kappa shape index (κ1) is 13.2. The minimum atomic E-state index is 0.491. The molecule has 100 valence electrons. The van der Waals surface area contributed by atoms with Gasteiger partial charge >= 0.3 is 0 Å². The first-order valence-electron chi connectivity index (χ1n) is 6.21. The molecular weight excluding hydrogens is 238 g/mol. The van der Waals surface area contributed by atoms with Gasteiger partial charge in [-0.3, -0.25) is 4.68 Å². The molecule has 1 aromatic carbocycles. The lowest BCUT2D eigenvalue weighted by atomic mass is 10.1. The molecule has 0 bridgehead atoms. The van der Waals surface area contributed by atoms with Gasteiger partial charge in [-0.15, -0.1) is 6.58 Å². The summed E-state index contributed by atoms with van der Waals surface area (Å²) in [6.45, 7) is 6.21. The maximum atomic E-state index is 5.86. The van der Waals surface area contributed by atoms with Crippen molar-refractivity contribution in [3.05, 3.63) is 53.9 Å². The molecule has 0 radical (unpaired) electrons. The number of hydrogen-bond acceptors (Lipinski definition) is 3. The highest BCUT2D eigenvalue weighted by molar-refractivity contribution is 5.48. The summed E-state index contributed by atoms with van der Waals surface area (Å²) in [6.07, 6.45) is 2.58. The Labute approximate surface area is 113 Å². The van der Waals surface area contributed by atoms with Gasteiger partial charge in [-0.2, -0.15) is 5.10 Å². The summed E-state index contributed by atoms with van der Waals surface area (Å²) >= 11 is 0. The van der Waals surface area contributed by atoms with Crippen LogP contribution in [0.15, 0.2) is 36.9 Å². The zero-order valence-electron chi connectivity index (χ0n) is 11.4. The Bertz CT molecular complexity index is 587. The molecular formula is C15H19N3O. The number of nitrogens with zero attached hydrogens (tertiary/aromatic N) is 2. The van der Waals surface area contributed by atoms with E-state index >= 15 is 0 Å². The van der Waals surface area contributed by atoms with E-state index in [0.29, 0.717) is 6.61 Å². The van der Waals surface area contributed by atoms with E-state index in [2.05, 4.69) is 11.7 Å². The number of nitrogens with two attached hydrogens (primary N) is 1. The second kappa shape index (κ2) is 5.61. The zero-order chi connectivity index (χ0) is 13.8. The van der Waals surface area contributed by atoms with Crippen molar-refractivity contribution in [2.45, 2.75) is 20.0 Å². The predicted octanol–water partition coefficient (Wildman–Crippen LogP) is 2.62. The molecule has 19 heavy (non-hydrogen) atoms. The number of ether oxygens (including phenoxy) is 1. The largest absolute Gasteiger partial charge is 0.487 e. The first-order chi connectivity index (χ1) is 9.10. The van der Waals surface area contributed by atoms with E-state index in [9.17, 15) is 0 Å². The maximum absolute atomic E-state index is 5.86. The van der Waals surface area contributed by atoms with Gasteiger partial charge < -0.3 is 10.5 Å². The summed E-state index contributed by atoms with van der Waals surface area (Å²) in [4.78, 5) is 0. The molecule has 1 heterocycles. The molecule has 2 rings (SSSR count). The fourth-order valence-corrected chi connectivity index (χ4v) is 2.01. The lowest BCUT2D eigenvalue weighted by Gasteiger charge is -2.11. The molecule has 2 N–H and O–H groups in total. The number of aryl methyl sites for hydroxylation is 2. The van der Waals surface area contributed by atoms with Crippen LogP contribution in [0, 0.1) is 6.92 Å². The van der Waals surface area contributed by atoms with Crippen LogP contribution in [0.2, 0.25) is 0 Å². The average molecular weight is 257 g/mol. The first-order valence-corrected chi connectivity index (χ1v) is 6.21. The lowest BCUT2D eigenvalue weighted by Crippen LogP contribution is -2.04. The molecule has 0 spiro atoms. The number of hydrogen-bond donors (Lipinski definition) is 1. The average Bonchev–Trinajstić information content (AvgIpc) is 2.67. The fraction of sp³-hybridized carbons (Fsp3) is 0.267. The van der Waals surface area contributed by atoms with Crippen LogP contribution >= 0.6 is 0 Å². The normalized spacial score (nSPS) is 10.4. The van der Waals surface area contributed by atoms with E-state index in [0.717, 1.165) is 34.8 Å². The Morgan fingerprint density at radius 2 is 2.21 bits per heavy atom. The van der Waals surface area contributed by atoms with Crippen LogP contribution in [0.4, 0.5) is 5.69 Å². The van der Waals surface area contributed by atoms with E-state index in [1.165, 1.54) is 0 Å². The standard InChI is InChI=1S/C15H19N3O/c1-4-5-12-9-13(16)6-7-15(12)19-10-14-8-11(2)17-18(14)3/h4,6-9H,1,5,10,16H2,2-3H3. The molecule has 0 aliphatic heterocycles. The number of nitrogen functional groups attached to an aromatic ring is 1. The SMILES string of the molecule is C=CCc1cc(N)ccc1OCc1cc(C)nn1C. The molecule has 4 nitrogen and oxygen atoms in total. The lowest BCUT2D eigenvalue weighted by molar-refractivity contribution is 0.292. The van der Waals surface area contributed by atoms with E-state index in [4.69, 9.17) is 10.5 Å². The second-order valence-corrected chi connectivity index (χ2v) is 4.55. The topological polar surface area (TPSA) is 53.1 Å². The summed E-state index contributed by atoms with van der Waals surface area (Å²) in [5.41, 5.74) is 9.61. The van der Waals surface area contributed by atoms with Crippen LogP contribution in [-0.2, 0) is 20.1 Å². The highest BCUT2D eigenvalue weighted by Crippen LogP contribution is 2.23. The summed E-state index contributed by atoms with van der Waals surface area (Å²) in [6, 6.07) is 7.68. The zero-order valence-corrected chi connectivity index (χ0v) is 11.4. The smallest absolute Gasteiger partial charge is 0.130 e. The molecule has 0 aliphatic rings. The number of allylic oxidation sites excluding steroid dienone is 1. The minimum absolute atomic E-state index is 0.491. The number of anilines is 1. The van der Waals surface area contributed by atoms with Gasteiger partial charge in [0.05, 0.1) is 11.4 Å². The van der Waals surface area contributed by atoms with Crippen LogP contribution in [-0.4, -0.2) is 9.78 Å². The monoisotopic (exact) mass is 257 g/mol. The van der Waals surface area contributed by atoms with E-state index < -0.39 is 0 Å². The van der Waals surface area contributed by atoms with Gasteiger partial charge in [-0.05, 0) is 43.2 Å². The van der Waals surface area contributed by atoms with Gasteiger partial charge in [0.15, 0.2) is 0 Å². The van der Waals surface area contributed by atoms with Crippen molar-refractivity contribution in [2.24, 2.45) is 7.05 Å². The van der Waals surface area contributed by atoms with Crippen molar-refractivity contribution in [1.29, 1.82) is 0 Å². The van der Waals surface area contributed by atoms with Crippen molar-refractivity contribution in [3.63, 3.8) is 0 Å². The molecule has 1 aromatic heterocycles. The van der Waals surface area contributed by atoms with Crippen LogP contribution in [0.5, 0.6) is 5.75 Å². The van der Waals surface area contributed by atoms with Gasteiger partial charge in [-0.1, -0.05) is 6.08 Å². The number of aromatic nitrogens is 2. The van der Waals surface area contributed by atoms with E-state index in [1.54, 1.807) is 0 Å². The maximum Gasteiger partial charge on any atom is 0.130 e. The summed E-state index contributed by atoms with van der Waals surface area (Å²) in [5, 5.41) is 4.30. The van der Waals surface area contributed by atoms with Gasteiger partial charge in [0.1, 0.15) is 12.4 Å². The Hall–Kier alpha value is -2.23. The number of benzene rings is 1. The third-order valence-electron chi connectivity index (χ3n) is 2.92. The molecule has 0 saturated heterocycles. The Kier molecular flexibility index (Phi) is 3.90. The molecule has 0 unspecified atom stereocenters. The second-order valence-electron chi connectivity index (χ2n) is 4.55. The molecule has 2 aromatic rings. The Morgan fingerprint density at radius 3 is 2.84 bits per heavy atom. The van der Waals surface area contributed by atoms with Gasteiger partial charge in [0, 0.05) is 12.7 Å². The highest BCUT2D eigenvalue weighted by atomic mass is 16.5. The van der Waals surface area contributed by atoms with Gasteiger partial charge in [0.25, 0.3) is 0 Å². The summed E-state index contributed by atoms with van der Waals surface area (Å²) < 4.78 is 7.69. The third kappa shape index (κ3) is 3.16. The highest BCUT2D eigenvalue weighted by Gasteiger charge is 2.06. The molecule has 0 atom stereocenters. The van der Waals surface area contributed by atoms with Crippen molar-refractivity contribution in [3.8, 4) is 5.75 Å². The molecule has 0 amide bonds. The minimum Gasteiger partial charge on any atom is -0.487 e. The molecule has 0 aliphatic carbocycles. The van der Waals surface area contributed by atoms with Crippen LogP contribution in [0.25, 0.3) is 0 Å². The molecule has 0 fully saturated rings. The third-order valence-corrected chi connectivity index (χ3v) is 2.92. The predicted molar refractivity (Wildman–Crippen MR) is 77.0 cm³/mol. The van der Waals surface area contributed by atoms with Crippen molar-refractivity contribution < 1.29 is 4.74 Å². The summed E-state index contributed by atoms with van der Waals surface area (Å²) in [5.74, 6) is 0.841. The van der Waals surface area contributed by atoms with Crippen LogP contribution < -0.4 is 10.5 Å². The van der Waals surface area contributed by atoms with Crippen molar-refractivity contribution >= 4 is 5.69 Å². The van der Waals surface area contributed by atoms with Gasteiger partial charge in [-0.25, -0.2) is 0 Å². The van der Waals surface area contributed by atoms with E-state index in [-0.39, 0.29) is 0 Å². The van der Waals surface area contributed by atoms with E-state index in [1.807, 2.05) is 49.0 Å². The van der Waals surface area contributed by atoms with Crippen LogP contribution in [0.1, 0.15) is 17.0 Å².